The van der Waals surface area contributed by atoms with Gasteiger partial charge >= 0.3 is 5.97 Å². The maximum atomic E-state index is 12.5. The van der Waals surface area contributed by atoms with Gasteiger partial charge in [-0.05, 0) is 6.42 Å². The predicted molar refractivity (Wildman–Crippen MR) is 157 cm³/mol. The van der Waals surface area contributed by atoms with Gasteiger partial charge in [-0.3, -0.25) is 4.79 Å². The summed E-state index contributed by atoms with van der Waals surface area (Å²) < 4.78 is 33.3. The Kier molecular flexibility index (Phi) is 16.6. The summed E-state index contributed by atoms with van der Waals surface area (Å²) in [6.45, 7) is -1.12. The van der Waals surface area contributed by atoms with Crippen molar-refractivity contribution in [3.8, 4) is 0 Å². The average molecular weight is 687 g/mol. The molecule has 17 nitrogen and oxygen atoms in total. The predicted octanol–water partition coefficient (Wildman–Crippen LogP) is -3.10. The van der Waals surface area contributed by atoms with Gasteiger partial charge in [0.15, 0.2) is 12.6 Å². The standard InChI is InChI=1S/C30H54O17/c1-2-3-4-5-6-7-8-9-10-11-19(34)42-14-18-22(37)27(45-28-25(40)23(38)20(35)16(12-31)43-28)30(15-33,46-18)47-29-26(41)24(39)21(36)17(13-32)44-29/h16-18,20-29,31-33,35-41H,2-15H2,1H3/t16-,17-,18-,20-,21-,22-,23+,24+,25-,26-,27+,28-,29-,30+/m1/s1. The molecule has 3 rings (SSSR count). The molecule has 0 aliphatic carbocycles. The molecular formula is C30H54O17. The van der Waals surface area contributed by atoms with Crippen LogP contribution in [-0.4, -0.2) is 169 Å². The lowest BCUT2D eigenvalue weighted by molar-refractivity contribution is -0.400. The second kappa shape index (κ2) is 19.3. The van der Waals surface area contributed by atoms with Gasteiger partial charge in [0.05, 0.1) is 13.2 Å². The van der Waals surface area contributed by atoms with Crippen LogP contribution in [-0.2, 0) is 33.2 Å². The Morgan fingerprint density at radius 1 is 0.638 bits per heavy atom. The molecular weight excluding hydrogens is 632 g/mol. The number of carbonyl (C=O) groups excluding carboxylic acids is 1. The molecule has 3 aliphatic rings. The van der Waals surface area contributed by atoms with Crippen LogP contribution in [0.1, 0.15) is 71.1 Å². The third kappa shape index (κ3) is 10.2. The van der Waals surface area contributed by atoms with Crippen LogP contribution in [0.25, 0.3) is 0 Å². The molecule has 0 unspecified atom stereocenters. The highest BCUT2D eigenvalue weighted by Gasteiger charge is 2.61. The van der Waals surface area contributed by atoms with E-state index in [-0.39, 0.29) is 6.42 Å². The van der Waals surface area contributed by atoms with E-state index < -0.39 is 118 Å². The summed E-state index contributed by atoms with van der Waals surface area (Å²) in [5.74, 6) is -3.06. The highest BCUT2D eigenvalue weighted by molar-refractivity contribution is 5.69. The Morgan fingerprint density at radius 3 is 1.68 bits per heavy atom. The Balaban J connectivity index is 1.69. The summed E-state index contributed by atoms with van der Waals surface area (Å²) in [7, 11) is 0. The number of esters is 1. The van der Waals surface area contributed by atoms with E-state index in [1.54, 1.807) is 0 Å². The molecule has 0 radical (unpaired) electrons. The molecule has 0 aromatic heterocycles. The zero-order valence-corrected chi connectivity index (χ0v) is 26.7. The summed E-state index contributed by atoms with van der Waals surface area (Å²) in [6.07, 6.45) is -13.2. The van der Waals surface area contributed by atoms with Crippen LogP contribution < -0.4 is 0 Å². The molecule has 0 amide bonds. The lowest BCUT2D eigenvalue weighted by Crippen LogP contribution is -2.64. The van der Waals surface area contributed by atoms with Crippen molar-refractivity contribution < 1.29 is 84.3 Å². The fraction of sp³-hybridized carbons (Fsp3) is 0.967. The van der Waals surface area contributed by atoms with E-state index in [1.807, 2.05) is 0 Å². The van der Waals surface area contributed by atoms with Gasteiger partial charge in [-0.15, -0.1) is 0 Å². The smallest absolute Gasteiger partial charge is 0.305 e. The number of carbonyl (C=O) groups is 1. The van der Waals surface area contributed by atoms with E-state index in [0.29, 0.717) is 6.42 Å². The van der Waals surface area contributed by atoms with E-state index in [9.17, 15) is 55.9 Å². The van der Waals surface area contributed by atoms with Gasteiger partial charge in [-0.1, -0.05) is 58.3 Å². The molecule has 3 fully saturated rings. The van der Waals surface area contributed by atoms with Crippen LogP contribution in [0.4, 0.5) is 0 Å². The minimum Gasteiger partial charge on any atom is -0.463 e. The van der Waals surface area contributed by atoms with Crippen molar-refractivity contribution >= 4 is 5.97 Å². The molecule has 0 bridgehead atoms. The lowest BCUT2D eigenvalue weighted by Gasteiger charge is -2.45. The largest absolute Gasteiger partial charge is 0.463 e. The molecule has 3 aliphatic heterocycles. The third-order valence-electron chi connectivity index (χ3n) is 8.88. The maximum Gasteiger partial charge on any atom is 0.305 e. The highest BCUT2D eigenvalue weighted by atomic mass is 16.8. The first-order valence-corrected chi connectivity index (χ1v) is 16.5. The lowest BCUT2D eigenvalue weighted by atomic mass is 9.98. The zero-order valence-electron chi connectivity index (χ0n) is 26.7. The minimum atomic E-state index is -2.49. The SMILES string of the molecule is CCCCCCCCCCCC(=O)OC[C@H]1O[C@@](CO)(O[C@H]2O[C@H](CO)[C@@H](O)[C@H](O)[C@H]2O)[C@@H](O[C@H]2O[C@H](CO)[C@@H](O)[C@H](O)[C@H]2O)[C@@H]1O. The van der Waals surface area contributed by atoms with Gasteiger partial charge in [0.25, 0.3) is 0 Å². The number of aliphatic hydroxyl groups is 10. The first-order valence-electron chi connectivity index (χ1n) is 16.5. The van der Waals surface area contributed by atoms with Crippen molar-refractivity contribution in [3.63, 3.8) is 0 Å². The number of ether oxygens (including phenoxy) is 6. The van der Waals surface area contributed by atoms with Crippen molar-refractivity contribution in [1.29, 1.82) is 0 Å². The van der Waals surface area contributed by atoms with Gasteiger partial charge in [0.1, 0.15) is 80.4 Å². The van der Waals surface area contributed by atoms with Crippen LogP contribution >= 0.6 is 0 Å². The summed E-state index contributed by atoms with van der Waals surface area (Å²) in [4.78, 5) is 12.5. The van der Waals surface area contributed by atoms with Crippen molar-refractivity contribution in [1.82, 2.24) is 0 Å². The Morgan fingerprint density at radius 2 is 1.15 bits per heavy atom. The first-order chi connectivity index (χ1) is 22.4. The van der Waals surface area contributed by atoms with Gasteiger partial charge in [0, 0.05) is 6.42 Å². The van der Waals surface area contributed by atoms with E-state index in [4.69, 9.17) is 28.4 Å². The van der Waals surface area contributed by atoms with Gasteiger partial charge < -0.3 is 79.5 Å². The fourth-order valence-electron chi connectivity index (χ4n) is 5.94. The van der Waals surface area contributed by atoms with Crippen LogP contribution in [0.5, 0.6) is 0 Å². The molecule has 14 atom stereocenters. The van der Waals surface area contributed by atoms with E-state index >= 15 is 0 Å². The molecule has 47 heavy (non-hydrogen) atoms. The third-order valence-corrected chi connectivity index (χ3v) is 8.88. The summed E-state index contributed by atoms with van der Waals surface area (Å²) >= 11 is 0. The number of hydrogen-bond donors (Lipinski definition) is 10. The molecule has 0 aromatic rings. The van der Waals surface area contributed by atoms with Gasteiger partial charge in [0.2, 0.25) is 5.79 Å². The molecule has 0 saturated carbocycles. The molecule has 0 aromatic carbocycles. The van der Waals surface area contributed by atoms with Crippen LogP contribution in [0, 0.1) is 0 Å². The average Bonchev–Trinajstić information content (AvgIpc) is 3.33. The summed E-state index contributed by atoms with van der Waals surface area (Å²) in [5.41, 5.74) is 0. The van der Waals surface area contributed by atoms with Gasteiger partial charge in [-0.25, -0.2) is 0 Å². The van der Waals surface area contributed by atoms with Crippen molar-refractivity contribution in [2.75, 3.05) is 26.4 Å². The minimum absolute atomic E-state index is 0.107. The first kappa shape index (κ1) is 40.3. The number of hydrogen-bond acceptors (Lipinski definition) is 17. The topological polar surface area (TPSA) is 275 Å². The summed E-state index contributed by atoms with van der Waals surface area (Å²) in [5, 5.41) is 103. The van der Waals surface area contributed by atoms with Crippen molar-refractivity contribution in [2.45, 2.75) is 157 Å². The molecule has 276 valence electrons. The monoisotopic (exact) mass is 686 g/mol. The molecule has 17 heteroatoms. The normalized spacial score (nSPS) is 40.9. The van der Waals surface area contributed by atoms with Crippen LogP contribution in [0.3, 0.4) is 0 Å². The van der Waals surface area contributed by atoms with Crippen LogP contribution in [0.15, 0.2) is 0 Å². The second-order valence-electron chi connectivity index (χ2n) is 12.4. The fourth-order valence-corrected chi connectivity index (χ4v) is 5.94. The molecule has 0 spiro atoms. The van der Waals surface area contributed by atoms with Crippen molar-refractivity contribution in [2.24, 2.45) is 0 Å². The molecule has 3 heterocycles. The quantitative estimate of drug-likeness (QED) is 0.0476. The maximum absolute atomic E-state index is 12.5. The summed E-state index contributed by atoms with van der Waals surface area (Å²) in [6, 6.07) is 0. The highest BCUT2D eigenvalue weighted by Crippen LogP contribution is 2.40. The zero-order chi connectivity index (χ0) is 34.7. The number of aliphatic hydroxyl groups excluding tert-OH is 10. The molecule has 10 N–H and O–H groups in total. The Bertz CT molecular complexity index is 910. The van der Waals surface area contributed by atoms with E-state index in [2.05, 4.69) is 6.92 Å². The van der Waals surface area contributed by atoms with Crippen LogP contribution in [0.2, 0.25) is 0 Å². The van der Waals surface area contributed by atoms with Gasteiger partial charge in [-0.2, -0.15) is 0 Å². The van der Waals surface area contributed by atoms with E-state index in [1.165, 1.54) is 25.7 Å². The van der Waals surface area contributed by atoms with E-state index in [0.717, 1.165) is 25.7 Å². The molecule has 3 saturated heterocycles. The number of rotatable bonds is 19. The Labute approximate surface area is 273 Å². The Hall–Kier alpha value is -1.13. The second-order valence-corrected chi connectivity index (χ2v) is 12.4. The number of unbranched alkanes of at least 4 members (excludes halogenated alkanes) is 8. The van der Waals surface area contributed by atoms with Crippen molar-refractivity contribution in [3.05, 3.63) is 0 Å².